The van der Waals surface area contributed by atoms with Gasteiger partial charge in [-0.2, -0.15) is 5.26 Å². The molecule has 6 N–H and O–H groups in total. The van der Waals surface area contributed by atoms with E-state index in [0.717, 1.165) is 112 Å². The van der Waals surface area contributed by atoms with Gasteiger partial charge in [-0.3, -0.25) is 43.4 Å². The SMILES string of the molecule is CC(C)C(C(=O)N1CCC[C@H]1C(=O)N[C@@H](C)c1ccc(C#N)cc1)c1cc(OCCN2CCC(OC3CC(Oc4cc(N5C6CCC5CN(c5cc(-c7ccccc7OCc7ccc(NC(=O)[C@H](CCCCN(C)C)NC(=O)C8(C(=O)NCCCCCN9C(=O)C=CC9=O)CCC8)cc7)nnc5N)C6)ccn4)C3)CC2)no1. The number of piperazine rings is 1. The Morgan fingerprint density at radius 1 is 0.759 bits per heavy atom. The Hall–Kier alpha value is -10.5. The van der Waals surface area contributed by atoms with Crippen molar-refractivity contribution in [3.63, 3.8) is 0 Å². The summed E-state index contributed by atoms with van der Waals surface area (Å²) >= 11 is 0. The van der Waals surface area contributed by atoms with Crippen LogP contribution in [0.2, 0.25) is 0 Å². The molecule has 6 atom stereocenters. The molecule has 7 amide bonds. The number of aromatic nitrogens is 4. The predicted octanol–water partition coefficient (Wildman–Crippen LogP) is 9.03. The van der Waals surface area contributed by atoms with E-state index < -0.39 is 29.3 Å². The average molecular weight is 1530 g/mol. The number of ether oxygens (including phenoxy) is 4. The number of carbonyl (C=O) groups is 7. The van der Waals surface area contributed by atoms with E-state index in [-0.39, 0.29) is 84.4 Å². The quantitative estimate of drug-likeness (QED) is 0.0139. The van der Waals surface area contributed by atoms with Crippen molar-refractivity contribution in [2.45, 2.75) is 191 Å². The summed E-state index contributed by atoms with van der Waals surface area (Å²) in [5.41, 5.74) is 11.5. The highest BCUT2D eigenvalue weighted by Gasteiger charge is 2.52. The molecule has 28 nitrogen and oxygen atoms in total. The number of benzene rings is 3. The fourth-order valence-electron chi connectivity index (χ4n) is 16.5. The lowest BCUT2D eigenvalue weighted by Crippen LogP contribution is -2.58. The zero-order valence-corrected chi connectivity index (χ0v) is 64.9. The third kappa shape index (κ3) is 19.3. The van der Waals surface area contributed by atoms with E-state index in [9.17, 15) is 38.8 Å². The molecule has 2 saturated carbocycles. The number of pyridine rings is 1. The third-order valence-corrected chi connectivity index (χ3v) is 23.1. The van der Waals surface area contributed by atoms with Gasteiger partial charge in [0, 0.05) is 125 Å². The van der Waals surface area contributed by atoms with Crippen molar-refractivity contribution >= 4 is 64.2 Å². The number of hydrogen-bond acceptors (Lipinski definition) is 22. The summed E-state index contributed by atoms with van der Waals surface area (Å²) in [5, 5.41) is 34.5. The van der Waals surface area contributed by atoms with Crippen LogP contribution < -0.4 is 51.0 Å². The van der Waals surface area contributed by atoms with Crippen molar-refractivity contribution in [1.82, 2.24) is 55.9 Å². The Balaban J connectivity index is 0.531. The molecular weight excluding hydrogens is 1430 g/mol. The van der Waals surface area contributed by atoms with Crippen LogP contribution in [0, 0.1) is 22.7 Å². The van der Waals surface area contributed by atoms with Gasteiger partial charge in [-0.25, -0.2) is 4.98 Å². The van der Waals surface area contributed by atoms with E-state index in [0.29, 0.717) is 137 Å². The Bertz CT molecular complexity index is 4330. The van der Waals surface area contributed by atoms with Gasteiger partial charge in [-0.05, 0) is 188 Å². The van der Waals surface area contributed by atoms with Crippen LogP contribution in [0.25, 0.3) is 11.3 Å². The summed E-state index contributed by atoms with van der Waals surface area (Å²) in [6.07, 6.45) is 16.7. The molecule has 28 heteroatoms. The number of nitrogens with two attached hydrogens (primary N) is 1. The minimum atomic E-state index is -1.26. The second kappa shape index (κ2) is 36.8. The van der Waals surface area contributed by atoms with E-state index in [2.05, 4.69) is 79.4 Å². The Morgan fingerprint density at radius 2 is 1.51 bits per heavy atom. The molecule has 3 unspecified atom stereocenters. The van der Waals surface area contributed by atoms with Crippen molar-refractivity contribution in [2.24, 2.45) is 11.3 Å². The fraction of sp³-hybridized carbons (Fsp3) is 0.524. The van der Waals surface area contributed by atoms with Gasteiger partial charge in [0.25, 0.3) is 17.7 Å². The maximum absolute atomic E-state index is 14.2. The summed E-state index contributed by atoms with van der Waals surface area (Å²) in [6, 6.07) is 30.9. The van der Waals surface area contributed by atoms with Gasteiger partial charge in [0.2, 0.25) is 35.4 Å². The van der Waals surface area contributed by atoms with Gasteiger partial charge in [-0.15, -0.1) is 10.2 Å². The van der Waals surface area contributed by atoms with E-state index >= 15 is 0 Å². The number of nitriles is 1. The number of nitrogens with zero attached hydrogens (tertiary/aromatic N) is 11. The van der Waals surface area contributed by atoms with Crippen molar-refractivity contribution in [2.75, 3.05) is 100 Å². The molecule has 2 bridgehead atoms. The van der Waals surface area contributed by atoms with Crippen LogP contribution in [0.15, 0.2) is 120 Å². The molecule has 0 radical (unpaired) electrons. The minimum absolute atomic E-state index is 0.0151. The van der Waals surface area contributed by atoms with Gasteiger partial charge in [0.05, 0.1) is 41.3 Å². The first-order chi connectivity index (χ1) is 54.3. The normalized spacial score (nSPS) is 20.9. The number of nitrogens with one attached hydrogen (secondary N) is 4. The molecule has 112 heavy (non-hydrogen) atoms. The summed E-state index contributed by atoms with van der Waals surface area (Å²) in [7, 11) is 3.98. The maximum Gasteiger partial charge on any atom is 0.254 e. The van der Waals surface area contributed by atoms with Crippen LogP contribution in [0.5, 0.6) is 17.5 Å². The molecule has 0 spiro atoms. The monoisotopic (exact) mass is 1530 g/mol. The number of para-hydroxylation sites is 1. The molecule has 2 aliphatic carbocycles. The summed E-state index contributed by atoms with van der Waals surface area (Å²) in [5.74, 6) is -0.616. The fourth-order valence-corrected chi connectivity index (χ4v) is 16.5. The van der Waals surface area contributed by atoms with Gasteiger partial charge >= 0.3 is 0 Å². The highest BCUT2D eigenvalue weighted by molar-refractivity contribution is 6.13. The number of hydrogen-bond donors (Lipinski definition) is 5. The number of nitrogen functional groups attached to an aromatic ring is 1. The maximum atomic E-state index is 14.2. The lowest BCUT2D eigenvalue weighted by Gasteiger charge is -2.43. The lowest BCUT2D eigenvalue weighted by atomic mass is 9.67. The number of rotatable bonds is 36. The van der Waals surface area contributed by atoms with Crippen LogP contribution >= 0.6 is 0 Å². The molecule has 6 fully saturated rings. The highest BCUT2D eigenvalue weighted by atomic mass is 16.5. The van der Waals surface area contributed by atoms with Crippen LogP contribution in [0.1, 0.15) is 164 Å². The second-order valence-electron chi connectivity index (χ2n) is 31.6. The van der Waals surface area contributed by atoms with Crippen LogP contribution in [-0.4, -0.2) is 203 Å². The predicted molar refractivity (Wildman–Crippen MR) is 420 cm³/mol. The summed E-state index contributed by atoms with van der Waals surface area (Å²) < 4.78 is 31.5. The van der Waals surface area contributed by atoms with E-state index in [1.165, 1.54) is 17.1 Å². The van der Waals surface area contributed by atoms with Gasteiger partial charge < -0.3 is 70.1 Å². The van der Waals surface area contributed by atoms with Crippen LogP contribution in [-0.2, 0) is 44.9 Å². The number of imide groups is 1. The van der Waals surface area contributed by atoms with E-state index in [1.807, 2.05) is 95.7 Å². The number of unbranched alkanes of at least 4 members (excludes halogenated alkanes) is 3. The van der Waals surface area contributed by atoms with Crippen molar-refractivity contribution in [1.29, 1.82) is 5.26 Å². The molecule has 4 saturated heterocycles. The Kier molecular flexibility index (Phi) is 26.1. The lowest BCUT2D eigenvalue weighted by molar-refractivity contribution is -0.151. The zero-order chi connectivity index (χ0) is 78.4. The molecule has 8 heterocycles. The Morgan fingerprint density at radius 3 is 2.22 bits per heavy atom. The average Bonchev–Trinajstić information content (AvgIpc) is 1.65. The standard InChI is InChI=1S/C84H106N16O12/c1-54(2)77(81(105)98-40-13-17-69(98)80(104)89-55(3)58-23-19-56(50-85)20-24-58)72-49-74(94-112-72)108-44-43-96-41-32-63(33-42-96)110-64-46-65(47-64)111-73-45-60(31-37-87-73)100-61-27-28-62(100)52-97(51-61)70-48-68(92-93-78(70)86)66-15-7-8-18-71(66)109-53-57-21-25-59(26-22-57)90-79(103)67(16-9-12-38-95(4)5)91-83(107)84(34-14-35-84)82(106)88-36-10-6-11-39-99-75(101)29-30-76(99)102/h7-8,15,18-26,29-31,37,45,48-49,54-55,61-65,67,69,77H,6,9-14,16-17,27-28,32-36,38-44,46-47,51-53H2,1-5H3,(H2,86,93)(H,88,106)(H,89,104)(H,90,103)(H,91,107)/t55-,61?,62?,64?,65?,67-,69-,77?/m0/s1. The first-order valence-corrected chi connectivity index (χ1v) is 40.0. The number of amides is 7. The summed E-state index contributed by atoms with van der Waals surface area (Å²) in [4.78, 5) is 110. The first-order valence-electron chi connectivity index (χ1n) is 40.0. The van der Waals surface area contributed by atoms with Gasteiger partial charge in [0.15, 0.2) is 11.6 Å². The van der Waals surface area contributed by atoms with Crippen molar-refractivity contribution in [3.8, 4) is 34.8 Å². The second-order valence-corrected chi connectivity index (χ2v) is 31.6. The minimum Gasteiger partial charge on any atom is -0.488 e. The Labute approximate surface area is 654 Å². The van der Waals surface area contributed by atoms with Gasteiger partial charge in [0.1, 0.15) is 48.5 Å². The molecule has 3 aromatic heterocycles. The number of likely N-dealkylation sites (tertiary alicyclic amines) is 2. The topological polar surface area (TPSA) is 338 Å². The molecule has 594 valence electrons. The molecule has 7 aliphatic rings. The molecular formula is C84H106N16O12. The van der Waals surface area contributed by atoms with E-state index in [1.54, 1.807) is 35.2 Å². The third-order valence-electron chi connectivity index (χ3n) is 23.1. The summed E-state index contributed by atoms with van der Waals surface area (Å²) in [6.45, 7) is 12.3. The molecule has 3 aromatic carbocycles. The number of piperidine rings is 1. The van der Waals surface area contributed by atoms with Crippen LogP contribution in [0.4, 0.5) is 22.9 Å². The molecule has 13 rings (SSSR count). The van der Waals surface area contributed by atoms with E-state index in [4.69, 9.17) is 29.2 Å². The van der Waals surface area contributed by atoms with Gasteiger partial charge in [-0.1, -0.05) is 56.7 Å². The smallest absolute Gasteiger partial charge is 0.254 e. The van der Waals surface area contributed by atoms with Crippen molar-refractivity contribution in [3.05, 3.63) is 138 Å². The van der Waals surface area contributed by atoms with Crippen molar-refractivity contribution < 1.29 is 57.0 Å². The number of fused-ring (bicyclic) bond motifs is 2. The van der Waals surface area contributed by atoms with Crippen LogP contribution in [0.3, 0.4) is 0 Å². The number of carbonyl (C=O) groups excluding carboxylic acids is 7. The number of anilines is 4. The molecule has 5 aliphatic heterocycles. The molecule has 6 aromatic rings. The first kappa shape index (κ1) is 79.6. The largest absolute Gasteiger partial charge is 0.488 e. The highest BCUT2D eigenvalue weighted by Crippen LogP contribution is 2.44. The zero-order valence-electron chi connectivity index (χ0n) is 64.9.